The summed E-state index contributed by atoms with van der Waals surface area (Å²) in [5, 5.41) is 12.4. The van der Waals surface area contributed by atoms with E-state index in [9.17, 15) is 0 Å². The Labute approximate surface area is 125 Å². The highest BCUT2D eigenvalue weighted by molar-refractivity contribution is 5.65. The number of rotatable bonds is 4. The first-order chi connectivity index (χ1) is 10.4. The number of pyridine rings is 1. The molecule has 3 rings (SSSR count). The Morgan fingerprint density at radius 3 is 2.86 bits per heavy atom. The first kappa shape index (κ1) is 13.4. The average molecular weight is 278 g/mol. The lowest BCUT2D eigenvalue weighted by Crippen LogP contribution is -2.20. The molecule has 1 aromatic carbocycles. The summed E-state index contributed by atoms with van der Waals surface area (Å²) >= 11 is 0. The maximum Gasteiger partial charge on any atom is 0.151 e. The zero-order valence-corrected chi connectivity index (χ0v) is 11.9. The normalized spacial score (nSPS) is 14.0. The summed E-state index contributed by atoms with van der Waals surface area (Å²) in [7, 11) is 0. The number of anilines is 2. The van der Waals surface area contributed by atoms with E-state index in [-0.39, 0.29) is 0 Å². The van der Waals surface area contributed by atoms with Crippen molar-refractivity contribution in [3.63, 3.8) is 0 Å². The summed E-state index contributed by atoms with van der Waals surface area (Å²) in [5.41, 5.74) is 2.85. The van der Waals surface area contributed by atoms with Gasteiger partial charge in [0.15, 0.2) is 5.82 Å². The molecule has 1 saturated heterocycles. The van der Waals surface area contributed by atoms with Crippen LogP contribution in [0.2, 0.25) is 0 Å². The predicted molar refractivity (Wildman–Crippen MR) is 84.2 cm³/mol. The Balaban J connectivity index is 1.74. The molecule has 1 fully saturated rings. The lowest BCUT2D eigenvalue weighted by atomic mass is 10.1. The van der Waals surface area contributed by atoms with Crippen LogP contribution in [0.1, 0.15) is 24.0 Å². The van der Waals surface area contributed by atoms with Crippen LogP contribution in [0.15, 0.2) is 42.6 Å². The van der Waals surface area contributed by atoms with Crippen molar-refractivity contribution in [2.75, 3.05) is 23.3 Å². The number of benzene rings is 1. The minimum Gasteiger partial charge on any atom is -0.378 e. The number of hydrogen-bond acceptors (Lipinski definition) is 4. The predicted octanol–water partition coefficient (Wildman–Crippen LogP) is 3.17. The number of nitrogens with zero attached hydrogens (tertiary/aromatic N) is 3. The first-order valence-electron chi connectivity index (χ1n) is 7.30. The molecule has 4 nitrogen and oxygen atoms in total. The van der Waals surface area contributed by atoms with Gasteiger partial charge in [-0.05, 0) is 42.7 Å². The van der Waals surface area contributed by atoms with Crippen LogP contribution in [-0.2, 0) is 6.54 Å². The number of nitrogens with one attached hydrogen (secondary N) is 1. The third-order valence-corrected chi connectivity index (χ3v) is 3.73. The van der Waals surface area contributed by atoms with Crippen LogP contribution >= 0.6 is 0 Å². The monoisotopic (exact) mass is 278 g/mol. The van der Waals surface area contributed by atoms with Gasteiger partial charge in [0, 0.05) is 25.8 Å². The molecule has 0 saturated carbocycles. The van der Waals surface area contributed by atoms with Gasteiger partial charge in [0.05, 0.1) is 17.3 Å². The fourth-order valence-electron chi connectivity index (χ4n) is 2.66. The van der Waals surface area contributed by atoms with Crippen LogP contribution in [0.25, 0.3) is 0 Å². The fourth-order valence-corrected chi connectivity index (χ4v) is 2.66. The lowest BCUT2D eigenvalue weighted by molar-refractivity contribution is 0.935. The quantitative estimate of drug-likeness (QED) is 0.933. The van der Waals surface area contributed by atoms with Gasteiger partial charge < -0.3 is 10.2 Å². The van der Waals surface area contributed by atoms with Crippen molar-refractivity contribution in [2.24, 2.45) is 0 Å². The maximum atomic E-state index is 8.95. The van der Waals surface area contributed by atoms with E-state index >= 15 is 0 Å². The molecule has 4 heteroatoms. The summed E-state index contributed by atoms with van der Waals surface area (Å²) in [6, 6.07) is 13.9. The Bertz CT molecular complexity index is 654. The maximum absolute atomic E-state index is 8.95. The standard InChI is InChI=1S/C17H18N4/c18-12-14-5-3-6-15(11-14)13-20-16-7-4-8-19-17(16)21-9-1-2-10-21/h3-8,11,20H,1-2,9-10,13H2. The van der Waals surface area contributed by atoms with Gasteiger partial charge in [0.1, 0.15) is 0 Å². The molecule has 0 atom stereocenters. The topological polar surface area (TPSA) is 52.0 Å². The van der Waals surface area contributed by atoms with E-state index in [1.165, 1.54) is 12.8 Å². The zero-order chi connectivity index (χ0) is 14.5. The third kappa shape index (κ3) is 3.14. The molecule has 0 bridgehead atoms. The minimum absolute atomic E-state index is 0.695. The van der Waals surface area contributed by atoms with Gasteiger partial charge >= 0.3 is 0 Å². The Morgan fingerprint density at radius 2 is 2.05 bits per heavy atom. The molecule has 0 amide bonds. The van der Waals surface area contributed by atoms with Crippen molar-refractivity contribution in [3.05, 3.63) is 53.7 Å². The van der Waals surface area contributed by atoms with E-state index in [0.29, 0.717) is 12.1 Å². The van der Waals surface area contributed by atoms with Gasteiger partial charge in [-0.1, -0.05) is 12.1 Å². The number of aromatic nitrogens is 1. The van der Waals surface area contributed by atoms with Gasteiger partial charge in [-0.2, -0.15) is 5.26 Å². The highest BCUT2D eigenvalue weighted by Gasteiger charge is 2.16. The smallest absolute Gasteiger partial charge is 0.151 e. The Hall–Kier alpha value is -2.54. The second-order valence-corrected chi connectivity index (χ2v) is 5.23. The van der Waals surface area contributed by atoms with Crippen molar-refractivity contribution in [2.45, 2.75) is 19.4 Å². The van der Waals surface area contributed by atoms with Crippen molar-refractivity contribution < 1.29 is 0 Å². The van der Waals surface area contributed by atoms with E-state index in [4.69, 9.17) is 5.26 Å². The molecule has 21 heavy (non-hydrogen) atoms. The SMILES string of the molecule is N#Cc1cccc(CNc2cccnc2N2CCCC2)c1. The van der Waals surface area contributed by atoms with Crippen LogP contribution in [-0.4, -0.2) is 18.1 Å². The molecule has 1 aliphatic heterocycles. The lowest BCUT2D eigenvalue weighted by Gasteiger charge is -2.20. The van der Waals surface area contributed by atoms with E-state index in [1.54, 1.807) is 0 Å². The summed E-state index contributed by atoms with van der Waals surface area (Å²) in [6.07, 6.45) is 4.32. The largest absolute Gasteiger partial charge is 0.378 e. The van der Waals surface area contributed by atoms with Crippen LogP contribution in [0, 0.1) is 11.3 Å². The molecule has 106 valence electrons. The van der Waals surface area contributed by atoms with Crippen LogP contribution in [0.3, 0.4) is 0 Å². The van der Waals surface area contributed by atoms with E-state index < -0.39 is 0 Å². The third-order valence-electron chi connectivity index (χ3n) is 3.73. The molecule has 0 radical (unpaired) electrons. The summed E-state index contributed by atoms with van der Waals surface area (Å²) < 4.78 is 0. The van der Waals surface area contributed by atoms with E-state index in [1.807, 2.05) is 36.5 Å². The van der Waals surface area contributed by atoms with Crippen molar-refractivity contribution in [1.82, 2.24) is 4.98 Å². The van der Waals surface area contributed by atoms with Gasteiger partial charge in [-0.3, -0.25) is 0 Å². The molecule has 0 unspecified atom stereocenters. The molecule has 1 aromatic heterocycles. The van der Waals surface area contributed by atoms with E-state index in [2.05, 4.69) is 27.3 Å². The highest BCUT2D eigenvalue weighted by atomic mass is 15.2. The van der Waals surface area contributed by atoms with Crippen molar-refractivity contribution >= 4 is 11.5 Å². The minimum atomic E-state index is 0.695. The molecular formula is C17H18N4. The zero-order valence-electron chi connectivity index (χ0n) is 11.9. The second-order valence-electron chi connectivity index (χ2n) is 5.23. The van der Waals surface area contributed by atoms with Crippen molar-refractivity contribution in [3.8, 4) is 6.07 Å². The van der Waals surface area contributed by atoms with Gasteiger partial charge in [-0.15, -0.1) is 0 Å². The summed E-state index contributed by atoms with van der Waals surface area (Å²) in [4.78, 5) is 6.85. The first-order valence-corrected chi connectivity index (χ1v) is 7.30. The van der Waals surface area contributed by atoms with Gasteiger partial charge in [0.25, 0.3) is 0 Å². The number of hydrogen-bond donors (Lipinski definition) is 1. The molecule has 0 aliphatic carbocycles. The molecular weight excluding hydrogens is 260 g/mol. The molecule has 0 spiro atoms. The Morgan fingerprint density at radius 1 is 1.19 bits per heavy atom. The molecule has 1 aliphatic rings. The molecule has 2 aromatic rings. The Kier molecular flexibility index (Phi) is 4.02. The summed E-state index contributed by atoms with van der Waals surface area (Å²) in [5.74, 6) is 1.03. The van der Waals surface area contributed by atoms with Gasteiger partial charge in [0.2, 0.25) is 0 Å². The molecule has 1 N–H and O–H groups in total. The highest BCUT2D eigenvalue weighted by Crippen LogP contribution is 2.26. The van der Waals surface area contributed by atoms with Gasteiger partial charge in [-0.25, -0.2) is 4.98 Å². The van der Waals surface area contributed by atoms with Crippen molar-refractivity contribution in [1.29, 1.82) is 5.26 Å². The average Bonchev–Trinajstić information content (AvgIpc) is 3.08. The summed E-state index contributed by atoms with van der Waals surface area (Å²) in [6.45, 7) is 2.85. The van der Waals surface area contributed by atoms with Crippen LogP contribution in [0.5, 0.6) is 0 Å². The second kappa shape index (κ2) is 6.27. The van der Waals surface area contributed by atoms with E-state index in [0.717, 1.165) is 30.2 Å². The van der Waals surface area contributed by atoms with Crippen LogP contribution < -0.4 is 10.2 Å². The fraction of sp³-hybridized carbons (Fsp3) is 0.294. The van der Waals surface area contributed by atoms with Crippen LogP contribution in [0.4, 0.5) is 11.5 Å². The molecule has 2 heterocycles. The number of nitriles is 1.